The van der Waals surface area contributed by atoms with E-state index in [4.69, 9.17) is 4.98 Å². The molecule has 3 aliphatic heterocycles. The molecule has 172 valence electrons. The Morgan fingerprint density at radius 3 is 2.53 bits per heavy atom. The van der Waals surface area contributed by atoms with Gasteiger partial charge in [0.2, 0.25) is 5.95 Å². The summed E-state index contributed by atoms with van der Waals surface area (Å²) in [6.45, 7) is 3.47. The van der Waals surface area contributed by atoms with Gasteiger partial charge in [-0.3, -0.25) is 4.98 Å². The first kappa shape index (κ1) is 19.9. The highest BCUT2D eigenvalue weighted by atomic mass is 19.1. The Morgan fingerprint density at radius 2 is 1.76 bits per heavy atom. The lowest BCUT2D eigenvalue weighted by atomic mass is 10.00. The topological polar surface area (TPSA) is 77.4 Å². The molecule has 7 nitrogen and oxygen atoms in total. The van der Waals surface area contributed by atoms with Crippen molar-refractivity contribution in [3.05, 3.63) is 48.4 Å². The van der Waals surface area contributed by atoms with E-state index < -0.39 is 5.82 Å². The second-order valence-electron chi connectivity index (χ2n) is 9.63. The molecule has 34 heavy (non-hydrogen) atoms. The number of fused-ring (bicyclic) bond motifs is 4. The molecule has 0 aliphatic carbocycles. The first-order valence-electron chi connectivity index (χ1n) is 12.0. The van der Waals surface area contributed by atoms with E-state index in [0.29, 0.717) is 29.0 Å². The van der Waals surface area contributed by atoms with Gasteiger partial charge in [-0.2, -0.15) is 4.98 Å². The van der Waals surface area contributed by atoms with Crippen LogP contribution in [0.25, 0.3) is 32.9 Å². The minimum atomic E-state index is -0.475. The van der Waals surface area contributed by atoms with Crippen LogP contribution < -0.4 is 15.1 Å². The van der Waals surface area contributed by atoms with Gasteiger partial charge in [0.25, 0.3) is 0 Å². The van der Waals surface area contributed by atoms with E-state index in [1.165, 1.54) is 0 Å². The zero-order chi connectivity index (χ0) is 22.8. The van der Waals surface area contributed by atoms with Crippen molar-refractivity contribution >= 4 is 33.4 Å². The number of hydrogen-bond donors (Lipinski definition) is 2. The predicted molar refractivity (Wildman–Crippen MR) is 131 cm³/mol. The Labute approximate surface area is 196 Å². The van der Waals surface area contributed by atoms with Gasteiger partial charge in [0.05, 0.1) is 5.39 Å². The summed E-state index contributed by atoms with van der Waals surface area (Å²) >= 11 is 0. The quantitative estimate of drug-likeness (QED) is 0.485. The molecule has 2 aromatic heterocycles. The fourth-order valence-electron chi connectivity index (χ4n) is 5.58. The van der Waals surface area contributed by atoms with Crippen LogP contribution in [-0.4, -0.2) is 58.3 Å². The zero-order valence-electron chi connectivity index (χ0n) is 18.7. The maximum absolute atomic E-state index is 16.2. The monoisotopic (exact) mass is 456 g/mol. The van der Waals surface area contributed by atoms with Crippen LogP contribution in [0.2, 0.25) is 0 Å². The number of nitrogens with one attached hydrogen (secondary N) is 1. The van der Waals surface area contributed by atoms with Crippen LogP contribution in [0.5, 0.6) is 5.75 Å². The average molecular weight is 457 g/mol. The molecule has 0 spiro atoms. The molecule has 7 rings (SSSR count). The van der Waals surface area contributed by atoms with E-state index in [2.05, 4.69) is 25.1 Å². The van der Waals surface area contributed by atoms with Gasteiger partial charge < -0.3 is 20.2 Å². The largest absolute Gasteiger partial charge is 0.508 e. The Balaban J connectivity index is 1.44. The van der Waals surface area contributed by atoms with E-state index >= 15 is 4.39 Å². The van der Waals surface area contributed by atoms with Crippen molar-refractivity contribution in [2.45, 2.75) is 31.3 Å². The predicted octanol–water partition coefficient (Wildman–Crippen LogP) is 3.84. The molecule has 4 aromatic rings. The number of phenols is 1. The maximum atomic E-state index is 16.2. The van der Waals surface area contributed by atoms with Gasteiger partial charge in [-0.15, -0.1) is 0 Å². The minimum absolute atomic E-state index is 0.0796. The van der Waals surface area contributed by atoms with Crippen LogP contribution in [0.15, 0.2) is 42.6 Å². The molecular formula is C26H25FN6O. The van der Waals surface area contributed by atoms with Crippen LogP contribution in [-0.2, 0) is 0 Å². The summed E-state index contributed by atoms with van der Waals surface area (Å²) < 4.78 is 16.2. The van der Waals surface area contributed by atoms with E-state index in [1.807, 2.05) is 24.3 Å². The first-order valence-corrected chi connectivity index (χ1v) is 12.0. The van der Waals surface area contributed by atoms with Crippen molar-refractivity contribution in [1.29, 1.82) is 0 Å². The molecule has 0 radical (unpaired) electrons. The number of aromatic hydroxyl groups is 1. The number of piperazine rings is 1. The molecule has 3 fully saturated rings. The van der Waals surface area contributed by atoms with Gasteiger partial charge in [-0.1, -0.05) is 24.3 Å². The molecule has 8 heteroatoms. The zero-order valence-corrected chi connectivity index (χ0v) is 18.7. The Morgan fingerprint density at radius 1 is 0.971 bits per heavy atom. The second-order valence-corrected chi connectivity index (χ2v) is 9.63. The molecule has 5 heterocycles. The van der Waals surface area contributed by atoms with Crippen molar-refractivity contribution in [3.8, 4) is 17.0 Å². The van der Waals surface area contributed by atoms with Crippen molar-refractivity contribution in [1.82, 2.24) is 20.3 Å². The van der Waals surface area contributed by atoms with E-state index in [1.54, 1.807) is 18.3 Å². The molecule has 2 aromatic carbocycles. The van der Waals surface area contributed by atoms with Crippen LogP contribution in [0.1, 0.15) is 19.3 Å². The fraction of sp³-hybridized carbons (Fsp3) is 0.346. The molecule has 2 bridgehead atoms. The van der Waals surface area contributed by atoms with Gasteiger partial charge in [-0.05, 0) is 42.2 Å². The Bertz CT molecular complexity index is 1430. The normalized spacial score (nSPS) is 21.9. The van der Waals surface area contributed by atoms with Crippen molar-refractivity contribution in [3.63, 3.8) is 0 Å². The third kappa shape index (κ3) is 3.09. The summed E-state index contributed by atoms with van der Waals surface area (Å²) in [6.07, 6.45) is 5.11. The number of anilines is 2. The lowest BCUT2D eigenvalue weighted by Crippen LogP contribution is -2.51. The number of nitrogens with zero attached hydrogens (tertiary/aromatic N) is 5. The lowest BCUT2D eigenvalue weighted by molar-refractivity contribution is 0.464. The van der Waals surface area contributed by atoms with Crippen molar-refractivity contribution in [2.24, 2.45) is 0 Å². The summed E-state index contributed by atoms with van der Waals surface area (Å²) in [7, 11) is 0. The molecule has 0 amide bonds. The highest BCUT2D eigenvalue weighted by molar-refractivity contribution is 6.00. The minimum Gasteiger partial charge on any atom is -0.508 e. The summed E-state index contributed by atoms with van der Waals surface area (Å²) in [5, 5.41) is 16.3. The SMILES string of the molecule is Oc1cc(-c2ncc3c(N4C[C@H]5CC[C@@H](C4)N5)nc(N4CCC4)nc3c2F)c2ccccc2c1. The number of benzene rings is 2. The van der Waals surface area contributed by atoms with E-state index in [9.17, 15) is 5.11 Å². The van der Waals surface area contributed by atoms with E-state index in [-0.39, 0.29) is 17.0 Å². The summed E-state index contributed by atoms with van der Waals surface area (Å²) in [6, 6.07) is 11.8. The molecule has 0 unspecified atom stereocenters. The van der Waals surface area contributed by atoms with E-state index in [0.717, 1.165) is 62.0 Å². The highest BCUT2D eigenvalue weighted by Gasteiger charge is 2.34. The van der Waals surface area contributed by atoms with Gasteiger partial charge >= 0.3 is 0 Å². The highest BCUT2D eigenvalue weighted by Crippen LogP contribution is 2.38. The van der Waals surface area contributed by atoms with Crippen molar-refractivity contribution in [2.75, 3.05) is 36.0 Å². The molecule has 2 atom stereocenters. The summed E-state index contributed by atoms with van der Waals surface area (Å²) in [5.74, 6) is 0.952. The number of phenolic OH excluding ortho intramolecular Hbond substituents is 1. The molecule has 0 saturated carbocycles. The Hall–Kier alpha value is -3.52. The van der Waals surface area contributed by atoms with Crippen LogP contribution in [0.3, 0.4) is 0 Å². The number of aromatic nitrogens is 3. The fourth-order valence-corrected chi connectivity index (χ4v) is 5.58. The first-order chi connectivity index (χ1) is 16.6. The standard InChI is InChI=1S/C26H25FN6O/c27-22-23(20-11-18(34)10-15-4-1-2-5-19(15)20)28-12-21-24(22)30-26(32-8-3-9-32)31-25(21)33-13-16-6-7-17(14-33)29-16/h1-2,4-5,10-12,16-17,29,34H,3,6-9,13-14H2/t16-,17+. The summed E-state index contributed by atoms with van der Waals surface area (Å²) in [4.78, 5) is 18.5. The Kier molecular flexibility index (Phi) is 4.39. The number of halogens is 1. The van der Waals surface area contributed by atoms with Gasteiger partial charge in [0.15, 0.2) is 5.82 Å². The third-order valence-electron chi connectivity index (χ3n) is 7.41. The van der Waals surface area contributed by atoms with Gasteiger partial charge in [0, 0.05) is 50.0 Å². The van der Waals surface area contributed by atoms with Gasteiger partial charge in [-0.25, -0.2) is 9.37 Å². The number of hydrogen-bond acceptors (Lipinski definition) is 7. The smallest absolute Gasteiger partial charge is 0.228 e. The molecule has 3 aliphatic rings. The van der Waals surface area contributed by atoms with Crippen molar-refractivity contribution < 1.29 is 9.50 Å². The molecule has 3 saturated heterocycles. The number of pyridine rings is 1. The second kappa shape index (κ2) is 7.50. The average Bonchev–Trinajstić information content (AvgIpc) is 3.15. The molecule has 2 N–H and O–H groups in total. The van der Waals surface area contributed by atoms with Gasteiger partial charge in [0.1, 0.15) is 22.8 Å². The molecular weight excluding hydrogens is 431 g/mol. The third-order valence-corrected chi connectivity index (χ3v) is 7.41. The number of rotatable bonds is 3. The van der Waals surface area contributed by atoms with Crippen LogP contribution in [0, 0.1) is 5.82 Å². The van der Waals surface area contributed by atoms with Crippen LogP contribution >= 0.6 is 0 Å². The summed E-state index contributed by atoms with van der Waals surface area (Å²) in [5.41, 5.74) is 1.04. The van der Waals surface area contributed by atoms with Crippen LogP contribution in [0.4, 0.5) is 16.2 Å². The maximum Gasteiger partial charge on any atom is 0.228 e. The lowest BCUT2D eigenvalue weighted by Gasteiger charge is -2.36.